The maximum atomic E-state index is 13.9. The summed E-state index contributed by atoms with van der Waals surface area (Å²) in [5.74, 6) is 11.9. The van der Waals surface area contributed by atoms with Crippen molar-refractivity contribution in [2.45, 2.75) is 27.3 Å². The van der Waals surface area contributed by atoms with Crippen molar-refractivity contribution >= 4 is 57.4 Å². The third kappa shape index (κ3) is 9.05. The Balaban J connectivity index is 0.000000238. The van der Waals surface area contributed by atoms with Gasteiger partial charge in [-0.1, -0.05) is 29.1 Å². The number of hydrazine groups is 2. The molecule has 2 amide bonds. The van der Waals surface area contributed by atoms with Crippen molar-refractivity contribution in [3.05, 3.63) is 134 Å². The average molecular weight is 867 g/mol. The van der Waals surface area contributed by atoms with Crippen LogP contribution in [0.2, 0.25) is 0 Å². The summed E-state index contributed by atoms with van der Waals surface area (Å²) in [4.78, 5) is 58.1. The van der Waals surface area contributed by atoms with Crippen LogP contribution < -0.4 is 49.3 Å². The topological polar surface area (TPSA) is 234 Å². The molecular weight excluding hydrogens is 829 g/mol. The molecule has 21 heteroatoms. The number of benzene rings is 3. The number of carbonyl (C=O) groups is 2. The van der Waals surface area contributed by atoms with Crippen LogP contribution in [0.5, 0.6) is 0 Å². The number of pyridine rings is 1. The molecule has 0 fully saturated rings. The van der Waals surface area contributed by atoms with Gasteiger partial charge in [-0.05, 0) is 45.0 Å². The summed E-state index contributed by atoms with van der Waals surface area (Å²) < 4.78 is 61.6. The fourth-order valence-electron chi connectivity index (χ4n) is 6.11. The number of anilines is 6. The second kappa shape index (κ2) is 18.9. The fraction of sp³-hybridized carbons (Fsp3) is 0.143. The van der Waals surface area contributed by atoms with Gasteiger partial charge < -0.3 is 16.0 Å². The van der Waals surface area contributed by atoms with Gasteiger partial charge >= 0.3 is 11.7 Å². The lowest BCUT2D eigenvalue weighted by Crippen LogP contribution is -2.45. The molecule has 0 spiro atoms. The second-order valence-corrected chi connectivity index (χ2v) is 13.4. The van der Waals surface area contributed by atoms with Crippen LogP contribution in [0.3, 0.4) is 0 Å². The Hall–Kier alpha value is -8.40. The van der Waals surface area contributed by atoms with E-state index in [0.29, 0.717) is 22.9 Å². The monoisotopic (exact) mass is 866 g/mol. The molecule has 3 aromatic heterocycles. The Morgan fingerprint density at radius 2 is 1.51 bits per heavy atom. The molecule has 6 rings (SSSR count). The average Bonchev–Trinajstić information content (AvgIpc) is 3.67. The molecule has 0 aliphatic rings. The number of hydrogen-bond donors (Lipinski definition) is 4. The predicted molar refractivity (Wildman–Crippen MR) is 229 cm³/mol. The van der Waals surface area contributed by atoms with Gasteiger partial charge in [0.25, 0.3) is 5.56 Å². The van der Waals surface area contributed by atoms with E-state index in [9.17, 15) is 36.7 Å². The minimum atomic E-state index is -1.22. The van der Waals surface area contributed by atoms with Crippen molar-refractivity contribution in [3.63, 3.8) is 0 Å². The van der Waals surface area contributed by atoms with Gasteiger partial charge in [0.15, 0.2) is 41.0 Å². The highest BCUT2D eigenvalue weighted by molar-refractivity contribution is 5.94. The van der Waals surface area contributed by atoms with Crippen molar-refractivity contribution < 1.29 is 31.7 Å². The minimum absolute atomic E-state index is 0.0747. The number of hydrogen-bond acceptors (Lipinski definition) is 13. The van der Waals surface area contributed by atoms with E-state index in [2.05, 4.69) is 22.0 Å². The van der Waals surface area contributed by atoms with Gasteiger partial charge in [-0.25, -0.2) is 43.4 Å². The molecule has 0 saturated carbocycles. The van der Waals surface area contributed by atoms with Crippen molar-refractivity contribution in [1.29, 1.82) is 0 Å². The van der Waals surface area contributed by atoms with E-state index in [1.54, 1.807) is 43.3 Å². The first kappa shape index (κ1) is 45.7. The standard InChI is InChI=1S/C21H16F2N6O3.C21H22F2N6O2/c1-3-8-27-11(2)18(29(25)16-10-14(23)13(22)9-15(16)24)20(30)28(21(27)31)19-12-6-4-5-7-17(12)32-26-19;1-5-8-28(21(31)27(4)15-7-6-13(2)26-11-15)14(3)20(12-30)29(25)19-10-17(23)16(22)9-18(19)24/h1,4-7,9-10H,8,24-25H2,2H3;1,6-7,9-12H,8,24-25H2,2-4H3/b;20-14+. The number of rotatable bonds is 10. The van der Waals surface area contributed by atoms with Gasteiger partial charge in [-0.15, -0.1) is 12.8 Å². The van der Waals surface area contributed by atoms with E-state index in [0.717, 1.165) is 54.0 Å². The molecule has 0 aliphatic carbocycles. The summed E-state index contributed by atoms with van der Waals surface area (Å²) in [5.41, 5.74) is 10.4. The van der Waals surface area contributed by atoms with E-state index >= 15 is 0 Å². The molecule has 3 aromatic carbocycles. The van der Waals surface area contributed by atoms with Crippen LogP contribution in [-0.4, -0.2) is 50.1 Å². The Morgan fingerprint density at radius 1 is 0.905 bits per heavy atom. The van der Waals surface area contributed by atoms with Crippen molar-refractivity contribution in [3.8, 4) is 30.5 Å². The maximum absolute atomic E-state index is 13.9. The predicted octanol–water partition coefficient (Wildman–Crippen LogP) is 4.51. The number of amides is 2. The molecular formula is C42H38F4N12O5. The van der Waals surface area contributed by atoms with E-state index in [4.69, 9.17) is 40.5 Å². The number of para-hydroxylation sites is 1. The fourth-order valence-corrected chi connectivity index (χ4v) is 6.11. The number of aldehydes is 1. The normalized spacial score (nSPS) is 11.1. The van der Waals surface area contributed by atoms with E-state index in [1.807, 2.05) is 0 Å². The molecule has 17 nitrogen and oxygen atoms in total. The second-order valence-electron chi connectivity index (χ2n) is 13.4. The van der Waals surface area contributed by atoms with Crippen LogP contribution in [0.15, 0.2) is 92.4 Å². The molecule has 0 radical (unpaired) electrons. The number of nitrogen functional groups attached to an aromatic ring is 2. The number of nitrogens with two attached hydrogens (primary N) is 4. The first-order valence-corrected chi connectivity index (χ1v) is 18.2. The maximum Gasteiger partial charge on any atom is 0.338 e. The number of aromatic nitrogens is 4. The molecule has 3 heterocycles. The molecule has 0 unspecified atom stereocenters. The minimum Gasteiger partial charge on any atom is -0.397 e. The molecule has 0 bridgehead atoms. The summed E-state index contributed by atoms with van der Waals surface area (Å²) in [7, 11) is 1.51. The number of carbonyl (C=O) groups excluding carboxylic acids is 2. The van der Waals surface area contributed by atoms with Gasteiger partial charge in [0.1, 0.15) is 11.4 Å². The number of fused-ring (bicyclic) bond motifs is 1. The molecule has 0 aliphatic heterocycles. The van der Waals surface area contributed by atoms with Crippen LogP contribution in [0.25, 0.3) is 16.8 Å². The zero-order chi connectivity index (χ0) is 46.4. The SMILES string of the molecule is C#CCN(C(=O)N(C)c1ccc(C)nc1)/C(C)=C(\C=O)N(N)c1cc(F)c(F)cc1N.C#CCn1c(C)c(N(N)c2cc(F)c(F)cc2N)c(=O)n(-c2noc3ccccc23)c1=O. The third-order valence-corrected chi connectivity index (χ3v) is 9.49. The van der Waals surface area contributed by atoms with Crippen LogP contribution in [-0.2, 0) is 11.3 Å². The molecule has 324 valence electrons. The molecule has 8 N–H and O–H groups in total. The molecule has 0 atom stereocenters. The first-order chi connectivity index (χ1) is 29.9. The van der Waals surface area contributed by atoms with Gasteiger partial charge in [-0.2, -0.15) is 0 Å². The van der Waals surface area contributed by atoms with Gasteiger partial charge in [-0.3, -0.25) is 39.0 Å². The summed E-state index contributed by atoms with van der Waals surface area (Å²) >= 11 is 0. The summed E-state index contributed by atoms with van der Waals surface area (Å²) in [5, 5.41) is 5.80. The number of allylic oxidation sites excluding steroid dienone is 2. The highest BCUT2D eigenvalue weighted by Gasteiger charge is 2.27. The molecule has 0 saturated heterocycles. The quantitative estimate of drug-likeness (QED) is 0.0283. The largest absolute Gasteiger partial charge is 0.397 e. The van der Waals surface area contributed by atoms with E-state index in [-0.39, 0.29) is 64.4 Å². The van der Waals surface area contributed by atoms with Gasteiger partial charge in [0, 0.05) is 42.7 Å². The van der Waals surface area contributed by atoms with Crippen molar-refractivity contribution in [2.24, 2.45) is 11.7 Å². The van der Waals surface area contributed by atoms with E-state index in [1.165, 1.54) is 32.0 Å². The zero-order valence-corrected chi connectivity index (χ0v) is 33.9. The number of urea groups is 1. The lowest BCUT2D eigenvalue weighted by atomic mass is 10.2. The molecule has 6 aromatic rings. The zero-order valence-electron chi connectivity index (χ0n) is 33.9. The Bertz CT molecular complexity index is 2990. The number of aryl methyl sites for hydroxylation is 1. The number of halogens is 4. The lowest BCUT2D eigenvalue weighted by Gasteiger charge is -2.30. The third-order valence-electron chi connectivity index (χ3n) is 9.49. The summed E-state index contributed by atoms with van der Waals surface area (Å²) in [6.07, 6.45) is 12.7. The Morgan fingerprint density at radius 3 is 2.10 bits per heavy atom. The number of nitrogens with zero attached hydrogens (tertiary/aromatic N) is 8. The summed E-state index contributed by atoms with van der Waals surface area (Å²) in [6.45, 7) is 4.30. The van der Waals surface area contributed by atoms with Gasteiger partial charge in [0.05, 0.1) is 58.8 Å². The van der Waals surface area contributed by atoms with Gasteiger partial charge in [0.2, 0.25) is 0 Å². The summed E-state index contributed by atoms with van der Waals surface area (Å²) in [6, 6.07) is 12.5. The first-order valence-electron chi connectivity index (χ1n) is 18.2. The lowest BCUT2D eigenvalue weighted by molar-refractivity contribution is -0.105. The van der Waals surface area contributed by atoms with E-state index < -0.39 is 40.5 Å². The highest BCUT2D eigenvalue weighted by atomic mass is 19.2. The van der Waals surface area contributed by atoms with Crippen molar-refractivity contribution in [1.82, 2.24) is 24.2 Å². The van der Waals surface area contributed by atoms with Crippen molar-refractivity contribution in [2.75, 3.05) is 40.0 Å². The molecule has 63 heavy (non-hydrogen) atoms. The Kier molecular flexibility index (Phi) is 13.7. The highest BCUT2D eigenvalue weighted by Crippen LogP contribution is 2.31. The van der Waals surface area contributed by atoms with Crippen LogP contribution >= 0.6 is 0 Å². The van der Waals surface area contributed by atoms with Crippen LogP contribution in [0, 0.1) is 61.8 Å². The smallest absolute Gasteiger partial charge is 0.338 e. The number of terminal acetylenes is 2. The van der Waals surface area contributed by atoms with Crippen LogP contribution in [0.4, 0.5) is 56.5 Å². The Labute approximate surface area is 355 Å². The van der Waals surface area contributed by atoms with Crippen LogP contribution in [0.1, 0.15) is 18.3 Å².